The number of likely N-dealkylation sites (tertiary alicyclic amines) is 1. The molecule has 0 bridgehead atoms. The van der Waals surface area contributed by atoms with E-state index in [9.17, 15) is 4.39 Å². The normalized spacial score (nSPS) is 16.9. The first-order valence-electron chi connectivity index (χ1n) is 7.64. The minimum Gasteiger partial charge on any atom is -0.489 e. The van der Waals surface area contributed by atoms with Gasteiger partial charge in [0.1, 0.15) is 17.7 Å². The van der Waals surface area contributed by atoms with Gasteiger partial charge < -0.3 is 15.0 Å². The summed E-state index contributed by atoms with van der Waals surface area (Å²) in [4.78, 5) is 6.93. The zero-order chi connectivity index (χ0) is 15.1. The summed E-state index contributed by atoms with van der Waals surface area (Å²) in [6.45, 7) is 7.63. The first-order chi connectivity index (χ1) is 10.2. The first-order valence-corrected chi connectivity index (χ1v) is 7.64. The van der Waals surface area contributed by atoms with Crippen LogP contribution >= 0.6 is 0 Å². The van der Waals surface area contributed by atoms with Gasteiger partial charge in [0.25, 0.3) is 0 Å². The summed E-state index contributed by atoms with van der Waals surface area (Å²) in [5.74, 6) is 1.38. The van der Waals surface area contributed by atoms with Crippen molar-refractivity contribution in [2.45, 2.75) is 32.8 Å². The third-order valence-electron chi connectivity index (χ3n) is 3.39. The predicted octanol–water partition coefficient (Wildman–Crippen LogP) is 2.65. The van der Waals surface area contributed by atoms with E-state index in [-0.39, 0.29) is 11.9 Å². The van der Waals surface area contributed by atoms with Crippen molar-refractivity contribution in [2.75, 3.05) is 26.2 Å². The molecule has 0 saturated carbocycles. The third-order valence-corrected chi connectivity index (χ3v) is 3.39. The SMILES string of the molecule is CCNC(=NCC(C)Oc1ccc(F)cc1)N1CCCC1. The van der Waals surface area contributed by atoms with E-state index in [4.69, 9.17) is 4.74 Å². The Morgan fingerprint density at radius 3 is 2.62 bits per heavy atom. The maximum atomic E-state index is 12.8. The molecule has 1 N–H and O–H groups in total. The highest BCUT2D eigenvalue weighted by Crippen LogP contribution is 2.13. The Morgan fingerprint density at radius 2 is 2.00 bits per heavy atom. The molecule has 116 valence electrons. The summed E-state index contributed by atoms with van der Waals surface area (Å²) in [6.07, 6.45) is 2.41. The van der Waals surface area contributed by atoms with Gasteiger partial charge in [0.2, 0.25) is 0 Å². The maximum Gasteiger partial charge on any atom is 0.194 e. The van der Waals surface area contributed by atoms with Crippen LogP contribution in [0.15, 0.2) is 29.3 Å². The van der Waals surface area contributed by atoms with Gasteiger partial charge in [0, 0.05) is 19.6 Å². The van der Waals surface area contributed by atoms with Crippen LogP contribution in [0.2, 0.25) is 0 Å². The molecule has 21 heavy (non-hydrogen) atoms. The number of rotatable bonds is 5. The largest absolute Gasteiger partial charge is 0.489 e. The van der Waals surface area contributed by atoms with E-state index in [0.29, 0.717) is 12.3 Å². The molecule has 0 spiro atoms. The fraction of sp³-hybridized carbons (Fsp3) is 0.562. The molecule has 1 fully saturated rings. The van der Waals surface area contributed by atoms with Crippen molar-refractivity contribution in [1.29, 1.82) is 0 Å². The quantitative estimate of drug-likeness (QED) is 0.670. The van der Waals surface area contributed by atoms with Crippen molar-refractivity contribution >= 4 is 5.96 Å². The Bertz CT molecular complexity index is 455. The Morgan fingerprint density at radius 1 is 1.33 bits per heavy atom. The van der Waals surface area contributed by atoms with Gasteiger partial charge in [-0.3, -0.25) is 0 Å². The van der Waals surface area contributed by atoms with Crippen molar-refractivity contribution in [3.8, 4) is 5.75 Å². The summed E-state index contributed by atoms with van der Waals surface area (Å²) < 4.78 is 18.6. The lowest BCUT2D eigenvalue weighted by atomic mass is 10.3. The molecule has 1 aromatic rings. The number of nitrogens with one attached hydrogen (secondary N) is 1. The molecular weight excluding hydrogens is 269 g/mol. The van der Waals surface area contributed by atoms with Crippen LogP contribution in [0, 0.1) is 5.82 Å². The van der Waals surface area contributed by atoms with Crippen LogP contribution in [0.3, 0.4) is 0 Å². The number of ether oxygens (including phenoxy) is 1. The van der Waals surface area contributed by atoms with E-state index in [2.05, 4.69) is 22.1 Å². The van der Waals surface area contributed by atoms with E-state index in [0.717, 1.165) is 25.6 Å². The second-order valence-electron chi connectivity index (χ2n) is 5.27. The number of aliphatic imine (C=N–C) groups is 1. The second kappa shape index (κ2) is 7.86. The summed E-state index contributed by atoms with van der Waals surface area (Å²) >= 11 is 0. The molecule has 1 heterocycles. The van der Waals surface area contributed by atoms with E-state index in [1.165, 1.54) is 25.0 Å². The van der Waals surface area contributed by atoms with Crippen LogP contribution in [-0.4, -0.2) is 43.1 Å². The van der Waals surface area contributed by atoms with Crippen LogP contribution in [0.5, 0.6) is 5.75 Å². The zero-order valence-corrected chi connectivity index (χ0v) is 12.8. The lowest BCUT2D eigenvalue weighted by Gasteiger charge is -2.21. The van der Waals surface area contributed by atoms with Crippen molar-refractivity contribution in [1.82, 2.24) is 10.2 Å². The molecule has 2 rings (SSSR count). The number of nitrogens with zero attached hydrogens (tertiary/aromatic N) is 2. The highest BCUT2D eigenvalue weighted by atomic mass is 19.1. The van der Waals surface area contributed by atoms with E-state index in [1.54, 1.807) is 12.1 Å². The molecule has 0 aromatic heterocycles. The minimum absolute atomic E-state index is 0.0493. The van der Waals surface area contributed by atoms with Crippen LogP contribution in [0.25, 0.3) is 0 Å². The first kappa shape index (κ1) is 15.6. The summed E-state index contributed by atoms with van der Waals surface area (Å²) in [7, 11) is 0. The fourth-order valence-corrected chi connectivity index (χ4v) is 2.35. The molecular formula is C16H24FN3O. The molecule has 0 aliphatic carbocycles. The van der Waals surface area contributed by atoms with Crippen molar-refractivity contribution in [3.63, 3.8) is 0 Å². The minimum atomic E-state index is -0.253. The van der Waals surface area contributed by atoms with E-state index in [1.807, 2.05) is 6.92 Å². The van der Waals surface area contributed by atoms with Crippen LogP contribution in [0.1, 0.15) is 26.7 Å². The topological polar surface area (TPSA) is 36.9 Å². The summed E-state index contributed by atoms with van der Waals surface area (Å²) in [6, 6.07) is 6.09. The van der Waals surface area contributed by atoms with Gasteiger partial charge in [0.15, 0.2) is 5.96 Å². The smallest absolute Gasteiger partial charge is 0.194 e. The molecule has 1 saturated heterocycles. The van der Waals surface area contributed by atoms with Gasteiger partial charge in [-0.15, -0.1) is 0 Å². The van der Waals surface area contributed by atoms with Gasteiger partial charge in [-0.05, 0) is 51.0 Å². The number of guanidine groups is 1. The monoisotopic (exact) mass is 293 g/mol. The van der Waals surface area contributed by atoms with Gasteiger partial charge in [-0.1, -0.05) is 0 Å². The van der Waals surface area contributed by atoms with Gasteiger partial charge in [-0.25, -0.2) is 9.38 Å². The van der Waals surface area contributed by atoms with Gasteiger partial charge in [-0.2, -0.15) is 0 Å². The molecule has 1 unspecified atom stereocenters. The zero-order valence-electron chi connectivity index (χ0n) is 12.8. The average molecular weight is 293 g/mol. The summed E-state index contributed by atoms with van der Waals surface area (Å²) in [5, 5.41) is 3.32. The standard InChI is InChI=1S/C16H24FN3O/c1-3-18-16(20-10-4-5-11-20)19-12-13(2)21-15-8-6-14(17)7-9-15/h6-9,13H,3-5,10-12H2,1-2H3,(H,18,19). The number of halogens is 1. The molecule has 5 heteroatoms. The molecule has 0 radical (unpaired) electrons. The Balaban J connectivity index is 1.88. The molecule has 1 atom stereocenters. The number of benzene rings is 1. The third kappa shape index (κ3) is 4.92. The molecule has 1 aliphatic heterocycles. The van der Waals surface area contributed by atoms with Crippen LogP contribution in [0.4, 0.5) is 4.39 Å². The Labute approximate surface area is 126 Å². The molecule has 4 nitrogen and oxygen atoms in total. The molecule has 0 amide bonds. The van der Waals surface area contributed by atoms with Gasteiger partial charge in [0.05, 0.1) is 6.54 Å². The highest BCUT2D eigenvalue weighted by Gasteiger charge is 2.15. The van der Waals surface area contributed by atoms with Crippen LogP contribution in [-0.2, 0) is 0 Å². The number of hydrogen-bond donors (Lipinski definition) is 1. The van der Waals surface area contributed by atoms with E-state index >= 15 is 0 Å². The number of hydrogen-bond acceptors (Lipinski definition) is 2. The molecule has 1 aromatic carbocycles. The fourth-order valence-electron chi connectivity index (χ4n) is 2.35. The predicted molar refractivity (Wildman–Crippen MR) is 83.3 cm³/mol. The van der Waals surface area contributed by atoms with E-state index < -0.39 is 0 Å². The van der Waals surface area contributed by atoms with Crippen molar-refractivity contribution < 1.29 is 9.13 Å². The molecule has 1 aliphatic rings. The van der Waals surface area contributed by atoms with Crippen molar-refractivity contribution in [3.05, 3.63) is 30.1 Å². The Hall–Kier alpha value is -1.78. The van der Waals surface area contributed by atoms with Crippen LogP contribution < -0.4 is 10.1 Å². The highest BCUT2D eigenvalue weighted by molar-refractivity contribution is 5.80. The maximum absolute atomic E-state index is 12.8. The van der Waals surface area contributed by atoms with Gasteiger partial charge >= 0.3 is 0 Å². The van der Waals surface area contributed by atoms with Crippen molar-refractivity contribution in [2.24, 2.45) is 4.99 Å². The average Bonchev–Trinajstić information content (AvgIpc) is 3.00. The Kier molecular flexibility index (Phi) is 5.84. The summed E-state index contributed by atoms with van der Waals surface area (Å²) in [5.41, 5.74) is 0. The lowest BCUT2D eigenvalue weighted by Crippen LogP contribution is -2.40. The lowest BCUT2D eigenvalue weighted by molar-refractivity contribution is 0.229. The second-order valence-corrected chi connectivity index (χ2v) is 5.27.